The molecule has 0 radical (unpaired) electrons. The third kappa shape index (κ3) is 4.35. The lowest BCUT2D eigenvalue weighted by atomic mass is 10.2. The highest BCUT2D eigenvalue weighted by atomic mass is 16.3. The van der Waals surface area contributed by atoms with Gasteiger partial charge in [-0.15, -0.1) is 0 Å². The van der Waals surface area contributed by atoms with E-state index in [0.717, 1.165) is 0 Å². The topological polar surface area (TPSA) is 86.7 Å². The van der Waals surface area contributed by atoms with Gasteiger partial charge < -0.3 is 21.1 Å². The normalized spacial score (nSPS) is 17.3. The summed E-state index contributed by atoms with van der Waals surface area (Å²) in [7, 11) is 0. The maximum absolute atomic E-state index is 8.77. The van der Waals surface area contributed by atoms with Crippen molar-refractivity contribution in [3.63, 3.8) is 0 Å². The Morgan fingerprint density at radius 3 is 2.22 bits per heavy atom. The Kier molecular flexibility index (Phi) is 4.61. The molecule has 9 heavy (non-hydrogen) atoms. The van der Waals surface area contributed by atoms with Crippen molar-refractivity contribution >= 4 is 0 Å². The van der Waals surface area contributed by atoms with Gasteiger partial charge >= 0.3 is 0 Å². The van der Waals surface area contributed by atoms with E-state index in [2.05, 4.69) is 0 Å². The summed E-state index contributed by atoms with van der Waals surface area (Å²) < 4.78 is 0. The zero-order chi connectivity index (χ0) is 7.28. The number of nitrogens with two attached hydrogens (primary N) is 1. The summed E-state index contributed by atoms with van der Waals surface area (Å²) >= 11 is 0. The Morgan fingerprint density at radius 1 is 1.33 bits per heavy atom. The van der Waals surface area contributed by atoms with Crippen molar-refractivity contribution in [1.82, 2.24) is 0 Å². The summed E-state index contributed by atoms with van der Waals surface area (Å²) in [5, 5.41) is 25.5. The van der Waals surface area contributed by atoms with Crippen LogP contribution in [-0.2, 0) is 0 Å². The van der Waals surface area contributed by atoms with Crippen LogP contribution in [0.3, 0.4) is 0 Å². The van der Waals surface area contributed by atoms with E-state index in [4.69, 9.17) is 21.1 Å². The van der Waals surface area contributed by atoms with Crippen LogP contribution in [0.15, 0.2) is 0 Å². The predicted octanol–water partition coefficient (Wildman–Crippen LogP) is -1.60. The second-order valence-electron chi connectivity index (χ2n) is 1.92. The molecule has 0 aliphatic carbocycles. The molecular formula is C5H13NO3. The standard InChI is InChI=1S/C5H13NO3/c6-5(9)4(8)2-1-3-7/h4-5,7-9H,1-3,6H2. The third-order valence-electron chi connectivity index (χ3n) is 1.05. The first-order valence-corrected chi connectivity index (χ1v) is 2.91. The highest BCUT2D eigenvalue weighted by molar-refractivity contribution is 4.59. The second kappa shape index (κ2) is 4.69. The van der Waals surface area contributed by atoms with Crippen LogP contribution in [0.2, 0.25) is 0 Å². The average Bonchev–Trinajstić information content (AvgIpc) is 1.82. The van der Waals surface area contributed by atoms with Crippen LogP contribution < -0.4 is 5.73 Å². The number of aliphatic hydroxyl groups is 3. The lowest BCUT2D eigenvalue weighted by molar-refractivity contribution is 0.0152. The summed E-state index contributed by atoms with van der Waals surface area (Å²) in [5.41, 5.74) is 4.90. The SMILES string of the molecule is NC(O)C(O)CCCO. The molecule has 0 rings (SSSR count). The van der Waals surface area contributed by atoms with E-state index in [1.807, 2.05) is 0 Å². The minimum atomic E-state index is -1.18. The van der Waals surface area contributed by atoms with E-state index < -0.39 is 12.3 Å². The quantitative estimate of drug-likeness (QED) is 0.349. The summed E-state index contributed by atoms with van der Waals surface area (Å²) in [6, 6.07) is 0. The van der Waals surface area contributed by atoms with Gasteiger partial charge in [-0.05, 0) is 12.8 Å². The molecule has 0 heterocycles. The van der Waals surface area contributed by atoms with Crippen LogP contribution in [0.5, 0.6) is 0 Å². The maximum atomic E-state index is 8.77. The van der Waals surface area contributed by atoms with Crippen molar-refractivity contribution in [1.29, 1.82) is 0 Å². The van der Waals surface area contributed by atoms with Crippen molar-refractivity contribution < 1.29 is 15.3 Å². The van der Waals surface area contributed by atoms with Crippen molar-refractivity contribution in [3.8, 4) is 0 Å². The van der Waals surface area contributed by atoms with Crippen LogP contribution in [0.25, 0.3) is 0 Å². The molecule has 0 saturated carbocycles. The first-order valence-electron chi connectivity index (χ1n) is 2.91. The molecule has 0 aliphatic heterocycles. The first-order chi connectivity index (χ1) is 4.18. The molecule has 0 aromatic heterocycles. The highest BCUT2D eigenvalue weighted by Gasteiger charge is 2.09. The fourth-order valence-electron chi connectivity index (χ4n) is 0.471. The van der Waals surface area contributed by atoms with Gasteiger partial charge in [0.15, 0.2) is 0 Å². The molecule has 4 nitrogen and oxygen atoms in total. The summed E-state index contributed by atoms with van der Waals surface area (Å²) in [6.07, 6.45) is -1.28. The zero-order valence-corrected chi connectivity index (χ0v) is 5.20. The first kappa shape index (κ1) is 8.84. The molecule has 0 fully saturated rings. The molecule has 2 unspecified atom stereocenters. The molecule has 0 bridgehead atoms. The molecule has 0 saturated heterocycles. The van der Waals surface area contributed by atoms with Gasteiger partial charge in [-0.25, -0.2) is 0 Å². The Labute approximate surface area is 53.9 Å². The summed E-state index contributed by atoms with van der Waals surface area (Å²) in [4.78, 5) is 0. The Bertz CT molecular complexity index is 67.2. The molecular weight excluding hydrogens is 122 g/mol. The Hall–Kier alpha value is -0.160. The minimum absolute atomic E-state index is 0.0176. The van der Waals surface area contributed by atoms with E-state index in [-0.39, 0.29) is 6.61 Å². The van der Waals surface area contributed by atoms with Gasteiger partial charge in [0.2, 0.25) is 0 Å². The van der Waals surface area contributed by atoms with E-state index in [9.17, 15) is 0 Å². The maximum Gasteiger partial charge on any atom is 0.128 e. The van der Waals surface area contributed by atoms with Gasteiger partial charge in [-0.3, -0.25) is 0 Å². The van der Waals surface area contributed by atoms with Crippen molar-refractivity contribution in [2.75, 3.05) is 6.61 Å². The summed E-state index contributed by atoms with van der Waals surface area (Å²) in [5.74, 6) is 0. The number of hydrogen-bond acceptors (Lipinski definition) is 4. The third-order valence-corrected chi connectivity index (χ3v) is 1.05. The highest BCUT2D eigenvalue weighted by Crippen LogP contribution is 1.96. The molecule has 0 aromatic rings. The molecule has 0 aromatic carbocycles. The van der Waals surface area contributed by atoms with Gasteiger partial charge in [-0.2, -0.15) is 0 Å². The van der Waals surface area contributed by atoms with Gasteiger partial charge in [-0.1, -0.05) is 0 Å². The molecule has 5 N–H and O–H groups in total. The summed E-state index contributed by atoms with van der Waals surface area (Å²) in [6.45, 7) is 0.0176. The largest absolute Gasteiger partial charge is 0.396 e. The van der Waals surface area contributed by atoms with Crippen molar-refractivity contribution in [2.24, 2.45) is 5.73 Å². The van der Waals surface area contributed by atoms with E-state index >= 15 is 0 Å². The Balaban J connectivity index is 3.16. The monoisotopic (exact) mass is 135 g/mol. The fraction of sp³-hybridized carbons (Fsp3) is 1.00. The van der Waals surface area contributed by atoms with Crippen LogP contribution in [-0.4, -0.2) is 34.3 Å². The predicted molar refractivity (Wildman–Crippen MR) is 32.5 cm³/mol. The van der Waals surface area contributed by atoms with Gasteiger partial charge in [0.1, 0.15) is 6.23 Å². The van der Waals surface area contributed by atoms with Crippen LogP contribution in [0, 0.1) is 0 Å². The van der Waals surface area contributed by atoms with Crippen LogP contribution in [0.1, 0.15) is 12.8 Å². The van der Waals surface area contributed by atoms with E-state index in [1.54, 1.807) is 0 Å². The number of hydrogen-bond donors (Lipinski definition) is 4. The Morgan fingerprint density at radius 2 is 1.89 bits per heavy atom. The lowest BCUT2D eigenvalue weighted by Crippen LogP contribution is -2.34. The fourth-order valence-corrected chi connectivity index (χ4v) is 0.471. The smallest absolute Gasteiger partial charge is 0.128 e. The van der Waals surface area contributed by atoms with Crippen molar-refractivity contribution in [2.45, 2.75) is 25.2 Å². The number of aliphatic hydroxyl groups excluding tert-OH is 3. The molecule has 4 heteroatoms. The minimum Gasteiger partial charge on any atom is -0.396 e. The van der Waals surface area contributed by atoms with Gasteiger partial charge in [0.05, 0.1) is 6.10 Å². The molecule has 0 aliphatic rings. The number of rotatable bonds is 4. The van der Waals surface area contributed by atoms with Crippen LogP contribution in [0.4, 0.5) is 0 Å². The lowest BCUT2D eigenvalue weighted by Gasteiger charge is -2.11. The average molecular weight is 135 g/mol. The van der Waals surface area contributed by atoms with E-state index in [0.29, 0.717) is 12.8 Å². The van der Waals surface area contributed by atoms with Crippen molar-refractivity contribution in [3.05, 3.63) is 0 Å². The second-order valence-corrected chi connectivity index (χ2v) is 1.92. The van der Waals surface area contributed by atoms with Crippen LogP contribution >= 0.6 is 0 Å². The molecule has 2 atom stereocenters. The molecule has 0 amide bonds. The van der Waals surface area contributed by atoms with Gasteiger partial charge in [0, 0.05) is 6.61 Å². The van der Waals surface area contributed by atoms with E-state index in [1.165, 1.54) is 0 Å². The van der Waals surface area contributed by atoms with Gasteiger partial charge in [0.25, 0.3) is 0 Å². The molecule has 56 valence electrons. The molecule has 0 spiro atoms. The zero-order valence-electron chi connectivity index (χ0n) is 5.20.